The van der Waals surface area contributed by atoms with E-state index in [-0.39, 0.29) is 11.6 Å². The molecular formula is C11H14F2N2O2S. The molecule has 1 unspecified atom stereocenters. The minimum absolute atomic E-state index is 0.237. The van der Waals surface area contributed by atoms with Crippen molar-refractivity contribution in [2.75, 3.05) is 18.8 Å². The Labute approximate surface area is 104 Å². The van der Waals surface area contributed by atoms with Gasteiger partial charge in [0, 0.05) is 19.2 Å². The summed E-state index contributed by atoms with van der Waals surface area (Å²) in [5, 5.41) is 0. The highest BCUT2D eigenvalue weighted by atomic mass is 32.2. The van der Waals surface area contributed by atoms with E-state index in [1.54, 1.807) is 0 Å². The highest BCUT2D eigenvalue weighted by molar-refractivity contribution is 7.89. The number of hydrogen-bond donors (Lipinski definition) is 1. The summed E-state index contributed by atoms with van der Waals surface area (Å²) in [5.74, 6) is -1.83. The lowest BCUT2D eigenvalue weighted by molar-refractivity contribution is 0.457. The molecule has 1 saturated heterocycles. The fraction of sp³-hybridized carbons (Fsp3) is 0.455. The topological polar surface area (TPSA) is 63.4 Å². The summed E-state index contributed by atoms with van der Waals surface area (Å²) in [5.41, 5.74) is 4.91. The van der Waals surface area contributed by atoms with E-state index >= 15 is 0 Å². The molecule has 1 aliphatic rings. The van der Waals surface area contributed by atoms with Crippen molar-refractivity contribution in [3.05, 3.63) is 23.8 Å². The molecule has 0 spiro atoms. The SMILES string of the molecule is CC1CCN(S(=O)(=O)c2cc(N)c(F)cc2F)C1. The second-order valence-corrected chi connectivity index (χ2v) is 6.47. The molecule has 1 aromatic carbocycles. The average Bonchev–Trinajstić information content (AvgIpc) is 2.70. The normalized spacial score (nSPS) is 21.4. The fourth-order valence-electron chi connectivity index (χ4n) is 1.99. The summed E-state index contributed by atoms with van der Waals surface area (Å²) in [4.78, 5) is -0.560. The van der Waals surface area contributed by atoms with Crippen molar-refractivity contribution in [3.63, 3.8) is 0 Å². The molecule has 18 heavy (non-hydrogen) atoms. The molecule has 0 aliphatic carbocycles. The smallest absolute Gasteiger partial charge is 0.246 e. The van der Waals surface area contributed by atoms with Crippen molar-refractivity contribution < 1.29 is 17.2 Å². The Hall–Kier alpha value is -1.21. The maximum atomic E-state index is 13.6. The number of sulfonamides is 1. The first-order chi connectivity index (χ1) is 8.32. The Morgan fingerprint density at radius 2 is 2.00 bits per heavy atom. The van der Waals surface area contributed by atoms with Crippen LogP contribution in [0.2, 0.25) is 0 Å². The Morgan fingerprint density at radius 1 is 1.33 bits per heavy atom. The second kappa shape index (κ2) is 4.47. The zero-order chi connectivity index (χ0) is 13.5. The van der Waals surface area contributed by atoms with Crippen LogP contribution in [0.5, 0.6) is 0 Å². The number of hydrogen-bond acceptors (Lipinski definition) is 3. The largest absolute Gasteiger partial charge is 0.396 e. The van der Waals surface area contributed by atoms with Gasteiger partial charge in [-0.25, -0.2) is 17.2 Å². The van der Waals surface area contributed by atoms with Gasteiger partial charge < -0.3 is 5.73 Å². The van der Waals surface area contributed by atoms with E-state index in [1.165, 1.54) is 4.31 Å². The van der Waals surface area contributed by atoms with Crippen LogP contribution in [0.15, 0.2) is 17.0 Å². The Morgan fingerprint density at radius 3 is 2.56 bits per heavy atom. The number of benzene rings is 1. The van der Waals surface area contributed by atoms with Gasteiger partial charge in [0.15, 0.2) is 0 Å². The van der Waals surface area contributed by atoms with Crippen LogP contribution in [0.1, 0.15) is 13.3 Å². The van der Waals surface area contributed by atoms with Gasteiger partial charge in [-0.1, -0.05) is 6.92 Å². The van der Waals surface area contributed by atoms with Gasteiger partial charge in [0.05, 0.1) is 5.69 Å². The number of nitrogen functional groups attached to an aromatic ring is 1. The highest BCUT2D eigenvalue weighted by Gasteiger charge is 2.33. The van der Waals surface area contributed by atoms with Gasteiger partial charge in [0.1, 0.15) is 16.5 Å². The third-order valence-corrected chi connectivity index (χ3v) is 4.94. The Kier molecular flexibility index (Phi) is 3.29. The van der Waals surface area contributed by atoms with Crippen LogP contribution in [0, 0.1) is 17.6 Å². The lowest BCUT2D eigenvalue weighted by Gasteiger charge is -2.16. The average molecular weight is 276 g/mol. The van der Waals surface area contributed by atoms with Gasteiger partial charge in [0.25, 0.3) is 0 Å². The highest BCUT2D eigenvalue weighted by Crippen LogP contribution is 2.27. The molecule has 1 fully saturated rings. The van der Waals surface area contributed by atoms with Crippen LogP contribution in [0.3, 0.4) is 0 Å². The van der Waals surface area contributed by atoms with Crippen LogP contribution in [-0.4, -0.2) is 25.8 Å². The summed E-state index contributed by atoms with van der Waals surface area (Å²) in [6, 6.07) is 1.34. The molecule has 2 N–H and O–H groups in total. The number of anilines is 1. The summed E-state index contributed by atoms with van der Waals surface area (Å²) >= 11 is 0. The molecule has 2 rings (SSSR count). The van der Waals surface area contributed by atoms with Crippen molar-refractivity contribution >= 4 is 15.7 Å². The number of rotatable bonds is 2. The van der Waals surface area contributed by atoms with E-state index in [0.29, 0.717) is 19.2 Å². The van der Waals surface area contributed by atoms with E-state index in [0.717, 1.165) is 12.5 Å². The van der Waals surface area contributed by atoms with Crippen molar-refractivity contribution in [2.45, 2.75) is 18.2 Å². The molecule has 100 valence electrons. The molecule has 0 amide bonds. The zero-order valence-electron chi connectivity index (χ0n) is 9.86. The third-order valence-electron chi connectivity index (χ3n) is 3.06. The molecule has 1 aromatic rings. The van der Waals surface area contributed by atoms with Crippen LogP contribution in [-0.2, 0) is 10.0 Å². The lowest BCUT2D eigenvalue weighted by atomic mass is 10.2. The lowest BCUT2D eigenvalue weighted by Crippen LogP contribution is -2.29. The fourth-order valence-corrected chi connectivity index (χ4v) is 3.65. The molecule has 7 heteroatoms. The first kappa shape index (κ1) is 13.2. The molecule has 1 heterocycles. The van der Waals surface area contributed by atoms with Gasteiger partial charge in [-0.05, 0) is 18.4 Å². The molecule has 0 radical (unpaired) electrons. The second-order valence-electron chi connectivity index (χ2n) is 4.56. The van der Waals surface area contributed by atoms with Gasteiger partial charge in [-0.2, -0.15) is 4.31 Å². The van der Waals surface area contributed by atoms with Crippen molar-refractivity contribution in [2.24, 2.45) is 5.92 Å². The van der Waals surface area contributed by atoms with Crippen molar-refractivity contribution in [1.82, 2.24) is 4.31 Å². The van der Waals surface area contributed by atoms with Crippen LogP contribution in [0.25, 0.3) is 0 Å². The van der Waals surface area contributed by atoms with Gasteiger partial charge in [0.2, 0.25) is 10.0 Å². The molecular weight excluding hydrogens is 262 g/mol. The summed E-state index contributed by atoms with van der Waals surface area (Å²) in [7, 11) is -3.93. The first-order valence-corrected chi connectivity index (χ1v) is 7.01. The zero-order valence-corrected chi connectivity index (χ0v) is 10.7. The number of halogens is 2. The van der Waals surface area contributed by atoms with Gasteiger partial charge in [-0.15, -0.1) is 0 Å². The van der Waals surface area contributed by atoms with Crippen LogP contribution >= 0.6 is 0 Å². The van der Waals surface area contributed by atoms with Crippen LogP contribution < -0.4 is 5.73 Å². The first-order valence-electron chi connectivity index (χ1n) is 5.57. The molecule has 1 atom stereocenters. The minimum atomic E-state index is -3.93. The Balaban J connectivity index is 2.45. The monoisotopic (exact) mass is 276 g/mol. The Bertz CT molecular complexity index is 575. The maximum absolute atomic E-state index is 13.6. The molecule has 0 bridgehead atoms. The van der Waals surface area contributed by atoms with Crippen LogP contribution in [0.4, 0.5) is 14.5 Å². The van der Waals surface area contributed by atoms with E-state index in [1.807, 2.05) is 6.92 Å². The molecule has 0 saturated carbocycles. The summed E-state index contributed by atoms with van der Waals surface area (Å²) in [6.45, 7) is 2.62. The minimum Gasteiger partial charge on any atom is -0.396 e. The molecule has 4 nitrogen and oxygen atoms in total. The van der Waals surface area contributed by atoms with E-state index in [9.17, 15) is 17.2 Å². The standard InChI is InChI=1S/C11H14F2N2O2S/c1-7-2-3-15(6-7)18(16,17)11-5-10(14)8(12)4-9(11)13/h4-5,7H,2-3,6,14H2,1H3. The van der Waals surface area contributed by atoms with E-state index in [4.69, 9.17) is 5.73 Å². The maximum Gasteiger partial charge on any atom is 0.246 e. The van der Waals surface area contributed by atoms with E-state index in [2.05, 4.69) is 0 Å². The van der Waals surface area contributed by atoms with Crippen molar-refractivity contribution in [3.8, 4) is 0 Å². The summed E-state index contributed by atoms with van der Waals surface area (Å²) in [6.07, 6.45) is 0.734. The van der Waals surface area contributed by atoms with Gasteiger partial charge in [-0.3, -0.25) is 0 Å². The predicted molar refractivity (Wildman–Crippen MR) is 63.3 cm³/mol. The number of nitrogens with zero attached hydrogens (tertiary/aromatic N) is 1. The number of nitrogens with two attached hydrogens (primary N) is 1. The van der Waals surface area contributed by atoms with Crippen molar-refractivity contribution in [1.29, 1.82) is 0 Å². The summed E-state index contributed by atoms with van der Waals surface area (Å²) < 4.78 is 52.1. The third kappa shape index (κ3) is 2.20. The predicted octanol–water partition coefficient (Wildman–Crippen LogP) is 1.58. The molecule has 0 aromatic heterocycles. The quantitative estimate of drug-likeness (QED) is 0.834. The van der Waals surface area contributed by atoms with Gasteiger partial charge >= 0.3 is 0 Å². The van der Waals surface area contributed by atoms with E-state index < -0.39 is 26.6 Å². The molecule has 1 aliphatic heterocycles.